The number of nitrogens with zero attached hydrogens (tertiary/aromatic N) is 1. The van der Waals surface area contributed by atoms with E-state index in [1.165, 1.54) is 6.92 Å². The summed E-state index contributed by atoms with van der Waals surface area (Å²) >= 11 is 0. The molecular formula is C18H18N4O4S. The lowest BCUT2D eigenvalue weighted by molar-refractivity contribution is 0.598. The first kappa shape index (κ1) is 18.6. The van der Waals surface area contributed by atoms with Gasteiger partial charge < -0.3 is 4.98 Å². The summed E-state index contributed by atoms with van der Waals surface area (Å²) in [5.74, 6) is 0. The maximum absolute atomic E-state index is 12.6. The van der Waals surface area contributed by atoms with Gasteiger partial charge in [0, 0.05) is 23.3 Å². The number of H-pyrrole nitrogens is 2. The first-order chi connectivity index (χ1) is 12.8. The summed E-state index contributed by atoms with van der Waals surface area (Å²) in [5, 5.41) is 0. The van der Waals surface area contributed by atoms with Crippen LogP contribution in [0.3, 0.4) is 0 Å². The molecule has 0 saturated heterocycles. The second-order valence-electron chi connectivity index (χ2n) is 5.99. The van der Waals surface area contributed by atoms with Gasteiger partial charge in [0.15, 0.2) is 4.90 Å². The first-order valence-corrected chi connectivity index (χ1v) is 9.68. The number of pyridine rings is 1. The molecule has 1 aromatic carbocycles. The lowest BCUT2D eigenvalue weighted by Gasteiger charge is -2.10. The smallest absolute Gasteiger partial charge is 0.310 e. The number of hydrogen-bond donors (Lipinski definition) is 3. The van der Waals surface area contributed by atoms with Crippen LogP contribution in [-0.2, 0) is 22.9 Å². The Morgan fingerprint density at radius 2 is 1.85 bits per heavy atom. The Morgan fingerprint density at radius 1 is 1.04 bits per heavy atom. The molecule has 0 fully saturated rings. The Bertz CT molecular complexity index is 1170. The van der Waals surface area contributed by atoms with Crippen LogP contribution in [0.25, 0.3) is 0 Å². The van der Waals surface area contributed by atoms with E-state index in [9.17, 15) is 18.0 Å². The van der Waals surface area contributed by atoms with Crippen molar-refractivity contribution in [1.82, 2.24) is 15.0 Å². The minimum atomic E-state index is -4.15. The molecule has 0 radical (unpaired) electrons. The van der Waals surface area contributed by atoms with Crippen LogP contribution in [0.15, 0.2) is 63.1 Å². The van der Waals surface area contributed by atoms with Crippen molar-refractivity contribution < 1.29 is 8.42 Å². The van der Waals surface area contributed by atoms with Crippen LogP contribution in [-0.4, -0.2) is 23.4 Å². The third kappa shape index (κ3) is 4.50. The van der Waals surface area contributed by atoms with Gasteiger partial charge in [-0.25, -0.2) is 13.2 Å². The van der Waals surface area contributed by atoms with Crippen molar-refractivity contribution in [2.45, 2.75) is 24.7 Å². The van der Waals surface area contributed by atoms with Gasteiger partial charge in [-0.15, -0.1) is 0 Å². The second-order valence-corrected chi connectivity index (χ2v) is 7.61. The molecule has 140 valence electrons. The van der Waals surface area contributed by atoms with Crippen LogP contribution in [0.1, 0.15) is 17.0 Å². The molecule has 2 heterocycles. The van der Waals surface area contributed by atoms with Crippen molar-refractivity contribution >= 4 is 15.7 Å². The topological polar surface area (TPSA) is 125 Å². The Kier molecular flexibility index (Phi) is 5.22. The largest absolute Gasteiger partial charge is 0.325 e. The van der Waals surface area contributed by atoms with Crippen LogP contribution < -0.4 is 16.0 Å². The molecule has 9 heteroatoms. The van der Waals surface area contributed by atoms with Crippen molar-refractivity contribution in [3.05, 3.63) is 86.5 Å². The van der Waals surface area contributed by atoms with Crippen molar-refractivity contribution in [1.29, 1.82) is 0 Å². The highest BCUT2D eigenvalue weighted by Crippen LogP contribution is 2.17. The Morgan fingerprint density at radius 3 is 2.56 bits per heavy atom. The molecule has 8 nitrogen and oxygen atoms in total. The average molecular weight is 386 g/mol. The minimum absolute atomic E-state index is 0.0254. The minimum Gasteiger partial charge on any atom is -0.310 e. The monoisotopic (exact) mass is 386 g/mol. The lowest BCUT2D eigenvalue weighted by atomic mass is 10.1. The van der Waals surface area contributed by atoms with Gasteiger partial charge in [-0.3, -0.25) is 19.5 Å². The van der Waals surface area contributed by atoms with Crippen LogP contribution >= 0.6 is 0 Å². The summed E-state index contributed by atoms with van der Waals surface area (Å²) in [4.78, 5) is 31.1. The maximum Gasteiger partial charge on any atom is 0.325 e. The number of aromatic nitrogens is 3. The highest BCUT2D eigenvalue weighted by atomic mass is 32.2. The highest BCUT2D eigenvalue weighted by molar-refractivity contribution is 7.92. The van der Waals surface area contributed by atoms with Gasteiger partial charge in [-0.2, -0.15) is 0 Å². The molecule has 3 rings (SSSR count). The molecule has 0 aliphatic heterocycles. The summed E-state index contributed by atoms with van der Waals surface area (Å²) in [7, 11) is -4.15. The van der Waals surface area contributed by atoms with Gasteiger partial charge in [0.2, 0.25) is 0 Å². The molecule has 0 amide bonds. The molecule has 2 aromatic heterocycles. The zero-order valence-electron chi connectivity index (χ0n) is 14.5. The van der Waals surface area contributed by atoms with Crippen molar-refractivity contribution in [3.8, 4) is 0 Å². The van der Waals surface area contributed by atoms with Gasteiger partial charge in [-0.05, 0) is 49.6 Å². The highest BCUT2D eigenvalue weighted by Gasteiger charge is 2.22. The van der Waals surface area contributed by atoms with E-state index < -0.39 is 26.2 Å². The van der Waals surface area contributed by atoms with E-state index in [-0.39, 0.29) is 5.69 Å². The standard InChI is InChI=1S/C18H18N4O4S/c1-12-16(17(23)21-18(24)20-12)27(25,26)22-15-7-4-5-13(11-15)8-9-14-6-2-3-10-19-14/h2-7,10-11,22H,8-9H2,1H3,(H2,20,21,23,24). The van der Waals surface area contributed by atoms with Gasteiger partial charge in [-0.1, -0.05) is 18.2 Å². The van der Waals surface area contributed by atoms with E-state index in [2.05, 4.69) is 14.7 Å². The summed E-state index contributed by atoms with van der Waals surface area (Å²) in [5.41, 5.74) is 0.455. The molecule has 0 atom stereocenters. The fraction of sp³-hybridized carbons (Fsp3) is 0.167. The summed E-state index contributed by atoms with van der Waals surface area (Å²) in [6.45, 7) is 1.36. The summed E-state index contributed by atoms with van der Waals surface area (Å²) < 4.78 is 27.6. The van der Waals surface area contributed by atoms with Crippen molar-refractivity contribution in [2.24, 2.45) is 0 Å². The number of benzene rings is 1. The fourth-order valence-electron chi connectivity index (χ4n) is 2.73. The third-order valence-corrected chi connectivity index (χ3v) is 5.45. The maximum atomic E-state index is 12.6. The number of aromatic amines is 2. The van der Waals surface area contributed by atoms with Gasteiger partial charge in [0.05, 0.1) is 0 Å². The third-order valence-electron chi connectivity index (χ3n) is 3.92. The zero-order chi connectivity index (χ0) is 19.4. The number of rotatable bonds is 6. The SMILES string of the molecule is Cc1[nH]c(=O)[nH]c(=O)c1S(=O)(=O)Nc1cccc(CCc2ccccn2)c1. The van der Waals surface area contributed by atoms with Crippen LogP contribution in [0.4, 0.5) is 5.69 Å². The molecule has 0 aliphatic rings. The van der Waals surface area contributed by atoms with Crippen LogP contribution in [0.5, 0.6) is 0 Å². The molecule has 0 bridgehead atoms. The van der Waals surface area contributed by atoms with E-state index in [0.717, 1.165) is 17.7 Å². The number of nitrogens with one attached hydrogen (secondary N) is 3. The van der Waals surface area contributed by atoms with E-state index >= 15 is 0 Å². The predicted octanol–water partition coefficient (Wildman–Crippen LogP) is 1.35. The van der Waals surface area contributed by atoms with Gasteiger partial charge >= 0.3 is 5.69 Å². The van der Waals surface area contributed by atoms with Crippen LogP contribution in [0.2, 0.25) is 0 Å². The molecule has 3 aromatic rings. The normalized spacial score (nSPS) is 11.3. The van der Waals surface area contributed by atoms with Crippen LogP contribution in [0, 0.1) is 6.92 Å². The molecule has 0 aliphatic carbocycles. The predicted molar refractivity (Wildman–Crippen MR) is 101 cm³/mol. The number of anilines is 1. The lowest BCUT2D eigenvalue weighted by Crippen LogP contribution is -2.31. The molecule has 0 saturated carbocycles. The molecular weight excluding hydrogens is 368 g/mol. The Balaban J connectivity index is 1.81. The number of sulfonamides is 1. The number of hydrogen-bond acceptors (Lipinski definition) is 5. The summed E-state index contributed by atoms with van der Waals surface area (Å²) in [6.07, 6.45) is 3.13. The van der Waals surface area contributed by atoms with Gasteiger partial charge in [0.1, 0.15) is 0 Å². The van der Waals surface area contributed by atoms with E-state index in [0.29, 0.717) is 12.1 Å². The van der Waals surface area contributed by atoms with E-state index in [1.807, 2.05) is 29.2 Å². The van der Waals surface area contributed by atoms with Crippen molar-refractivity contribution in [3.63, 3.8) is 0 Å². The first-order valence-electron chi connectivity index (χ1n) is 8.20. The van der Waals surface area contributed by atoms with Crippen molar-refractivity contribution in [2.75, 3.05) is 4.72 Å². The molecule has 0 unspecified atom stereocenters. The zero-order valence-corrected chi connectivity index (χ0v) is 15.3. The average Bonchev–Trinajstić information content (AvgIpc) is 2.59. The number of aryl methyl sites for hydroxylation is 3. The Hall–Kier alpha value is -3.20. The van der Waals surface area contributed by atoms with E-state index in [1.54, 1.807) is 24.4 Å². The quantitative estimate of drug-likeness (QED) is 0.590. The van der Waals surface area contributed by atoms with E-state index in [4.69, 9.17) is 0 Å². The molecule has 0 spiro atoms. The fourth-order valence-corrected chi connectivity index (χ4v) is 4.02. The Labute approximate surface area is 155 Å². The summed E-state index contributed by atoms with van der Waals surface area (Å²) in [6, 6.07) is 12.6. The molecule has 3 N–H and O–H groups in total. The molecule has 27 heavy (non-hydrogen) atoms. The second kappa shape index (κ2) is 7.58. The van der Waals surface area contributed by atoms with Gasteiger partial charge in [0.25, 0.3) is 15.6 Å².